The van der Waals surface area contributed by atoms with E-state index in [4.69, 9.17) is 11.6 Å². The average molecular weight is 439 g/mol. The molecule has 3 aromatic rings. The van der Waals surface area contributed by atoms with Crippen LogP contribution in [-0.2, 0) is 0 Å². The van der Waals surface area contributed by atoms with E-state index in [1.165, 1.54) is 0 Å². The highest BCUT2D eigenvalue weighted by atomic mass is 35.5. The summed E-state index contributed by atoms with van der Waals surface area (Å²) in [4.78, 5) is 21.8. The zero-order valence-electron chi connectivity index (χ0n) is 18.0. The number of pyridine rings is 1. The van der Waals surface area contributed by atoms with Gasteiger partial charge in [-0.1, -0.05) is 23.7 Å². The van der Waals surface area contributed by atoms with Crippen LogP contribution >= 0.6 is 11.6 Å². The van der Waals surface area contributed by atoms with Crippen LogP contribution in [0.2, 0.25) is 5.02 Å². The maximum absolute atomic E-state index is 12.7. The molecule has 1 fully saturated rings. The van der Waals surface area contributed by atoms with Crippen LogP contribution < -0.4 is 10.2 Å². The van der Waals surface area contributed by atoms with Gasteiger partial charge in [0.15, 0.2) is 5.69 Å². The Morgan fingerprint density at radius 1 is 1.16 bits per heavy atom. The predicted molar refractivity (Wildman–Crippen MR) is 124 cm³/mol. The Bertz CT molecular complexity index is 1050. The van der Waals surface area contributed by atoms with Gasteiger partial charge in [0.2, 0.25) is 0 Å². The first-order chi connectivity index (χ1) is 14.9. The van der Waals surface area contributed by atoms with Crippen molar-refractivity contribution < 1.29 is 4.79 Å². The minimum atomic E-state index is -0.305. The molecule has 31 heavy (non-hydrogen) atoms. The van der Waals surface area contributed by atoms with Crippen molar-refractivity contribution in [1.29, 1.82) is 0 Å². The topological polar surface area (TPSA) is 66.3 Å². The molecule has 4 rings (SSSR count). The zero-order chi connectivity index (χ0) is 22.0. The summed E-state index contributed by atoms with van der Waals surface area (Å²) in [7, 11) is 4.27. The molecule has 0 radical (unpaired) electrons. The third kappa shape index (κ3) is 4.73. The summed E-state index contributed by atoms with van der Waals surface area (Å²) < 4.78 is 1.67. The zero-order valence-corrected chi connectivity index (χ0v) is 18.8. The average Bonchev–Trinajstić information content (AvgIpc) is 3.16. The SMILES string of the molecule is Cc1cc(C(=O)Nc2ccc(N3CCC(N(C)C)CC3)cn2)nn1-c1ccccc1Cl. The van der Waals surface area contributed by atoms with Crippen LogP contribution in [0.15, 0.2) is 48.7 Å². The van der Waals surface area contributed by atoms with Gasteiger partial charge in [-0.3, -0.25) is 4.79 Å². The summed E-state index contributed by atoms with van der Waals surface area (Å²) in [5.74, 6) is 0.197. The van der Waals surface area contributed by atoms with Crippen molar-refractivity contribution >= 4 is 29.0 Å². The number of carbonyl (C=O) groups is 1. The lowest BCUT2D eigenvalue weighted by molar-refractivity contribution is 0.102. The number of nitrogens with one attached hydrogen (secondary N) is 1. The first kappa shape index (κ1) is 21.3. The molecule has 7 nitrogen and oxygen atoms in total. The summed E-state index contributed by atoms with van der Waals surface area (Å²) in [6.07, 6.45) is 4.09. The van der Waals surface area contributed by atoms with Crippen LogP contribution in [0.3, 0.4) is 0 Å². The maximum Gasteiger partial charge on any atom is 0.277 e. The lowest BCUT2D eigenvalue weighted by Gasteiger charge is -2.36. The molecule has 3 heterocycles. The number of anilines is 2. The number of benzene rings is 1. The first-order valence-electron chi connectivity index (χ1n) is 10.4. The molecule has 0 aliphatic carbocycles. The van der Waals surface area contributed by atoms with Crippen molar-refractivity contribution in [2.45, 2.75) is 25.8 Å². The summed E-state index contributed by atoms with van der Waals surface area (Å²) in [5, 5.41) is 7.84. The Kier molecular flexibility index (Phi) is 6.25. The van der Waals surface area contributed by atoms with E-state index in [0.717, 1.165) is 43.0 Å². The van der Waals surface area contributed by atoms with Crippen LogP contribution in [-0.4, -0.2) is 58.8 Å². The molecule has 0 bridgehead atoms. The molecule has 0 saturated carbocycles. The molecule has 1 aliphatic rings. The summed E-state index contributed by atoms with van der Waals surface area (Å²) in [6.45, 7) is 3.91. The van der Waals surface area contributed by atoms with Gasteiger partial charge in [-0.2, -0.15) is 5.10 Å². The first-order valence-corrected chi connectivity index (χ1v) is 10.8. The third-order valence-corrected chi connectivity index (χ3v) is 6.07. The monoisotopic (exact) mass is 438 g/mol. The Morgan fingerprint density at radius 3 is 2.55 bits per heavy atom. The number of amides is 1. The number of halogens is 1. The van der Waals surface area contributed by atoms with Gasteiger partial charge >= 0.3 is 0 Å². The minimum Gasteiger partial charge on any atom is -0.370 e. The summed E-state index contributed by atoms with van der Waals surface area (Å²) in [6, 6.07) is 13.6. The second-order valence-corrected chi connectivity index (χ2v) is 8.48. The largest absolute Gasteiger partial charge is 0.370 e. The number of rotatable bonds is 5. The number of carbonyl (C=O) groups excluding carboxylic acids is 1. The number of hydrogen-bond donors (Lipinski definition) is 1. The number of nitrogens with zero attached hydrogens (tertiary/aromatic N) is 5. The lowest BCUT2D eigenvalue weighted by atomic mass is 10.0. The third-order valence-electron chi connectivity index (χ3n) is 5.75. The normalized spacial score (nSPS) is 14.8. The van der Waals surface area contributed by atoms with Crippen molar-refractivity contribution in [3.8, 4) is 5.69 Å². The van der Waals surface area contributed by atoms with Crippen LogP contribution in [0, 0.1) is 6.92 Å². The Labute approximate surface area is 187 Å². The number of para-hydroxylation sites is 1. The second kappa shape index (κ2) is 9.08. The number of aromatic nitrogens is 3. The van der Waals surface area contributed by atoms with Crippen LogP contribution in [0.5, 0.6) is 0 Å². The van der Waals surface area contributed by atoms with Crippen molar-refractivity contribution in [2.24, 2.45) is 0 Å². The summed E-state index contributed by atoms with van der Waals surface area (Å²) in [5.41, 5.74) is 2.95. The molecule has 1 amide bonds. The molecule has 8 heteroatoms. The highest BCUT2D eigenvalue weighted by Crippen LogP contribution is 2.23. The van der Waals surface area contributed by atoms with Crippen LogP contribution in [0.4, 0.5) is 11.5 Å². The Hall–Kier alpha value is -2.90. The molecule has 1 N–H and O–H groups in total. The van der Waals surface area contributed by atoms with Gasteiger partial charge in [0.25, 0.3) is 5.91 Å². The van der Waals surface area contributed by atoms with E-state index in [1.54, 1.807) is 16.8 Å². The van der Waals surface area contributed by atoms with E-state index in [9.17, 15) is 4.79 Å². The molecule has 1 aliphatic heterocycles. The molecular weight excluding hydrogens is 412 g/mol. The molecule has 0 unspecified atom stereocenters. The van der Waals surface area contributed by atoms with E-state index < -0.39 is 0 Å². The van der Waals surface area contributed by atoms with Gasteiger partial charge in [-0.05, 0) is 64.2 Å². The Morgan fingerprint density at radius 2 is 1.90 bits per heavy atom. The number of piperidine rings is 1. The molecule has 162 valence electrons. The van der Waals surface area contributed by atoms with Crippen molar-refractivity contribution in [3.63, 3.8) is 0 Å². The molecule has 0 atom stereocenters. The van der Waals surface area contributed by atoms with Gasteiger partial charge in [0, 0.05) is 24.8 Å². The van der Waals surface area contributed by atoms with E-state index in [0.29, 0.717) is 22.6 Å². The smallest absolute Gasteiger partial charge is 0.277 e. The van der Waals surface area contributed by atoms with Crippen molar-refractivity contribution in [3.05, 3.63) is 65.1 Å². The summed E-state index contributed by atoms with van der Waals surface area (Å²) >= 11 is 6.27. The highest BCUT2D eigenvalue weighted by molar-refractivity contribution is 6.32. The van der Waals surface area contributed by atoms with Gasteiger partial charge < -0.3 is 15.1 Å². The van der Waals surface area contributed by atoms with Gasteiger partial charge in [0.05, 0.1) is 22.6 Å². The predicted octanol–water partition coefficient (Wildman–Crippen LogP) is 4.01. The highest BCUT2D eigenvalue weighted by Gasteiger charge is 2.21. The van der Waals surface area contributed by atoms with Gasteiger partial charge in [-0.25, -0.2) is 9.67 Å². The fourth-order valence-corrected chi connectivity index (χ4v) is 4.14. The number of hydrogen-bond acceptors (Lipinski definition) is 5. The van der Waals surface area contributed by atoms with Crippen LogP contribution in [0.25, 0.3) is 5.69 Å². The molecule has 0 spiro atoms. The Balaban J connectivity index is 1.42. The van der Waals surface area contributed by atoms with E-state index >= 15 is 0 Å². The molecule has 2 aromatic heterocycles. The minimum absolute atomic E-state index is 0.305. The second-order valence-electron chi connectivity index (χ2n) is 8.07. The molecular formula is C23H27ClN6O. The fraction of sp³-hybridized carbons (Fsp3) is 0.348. The number of aryl methyl sites for hydroxylation is 1. The van der Waals surface area contributed by atoms with E-state index in [2.05, 4.69) is 39.3 Å². The van der Waals surface area contributed by atoms with Crippen molar-refractivity contribution in [1.82, 2.24) is 19.7 Å². The van der Waals surface area contributed by atoms with Gasteiger partial charge in [0.1, 0.15) is 5.82 Å². The molecule has 1 saturated heterocycles. The lowest BCUT2D eigenvalue weighted by Crippen LogP contribution is -2.42. The molecule has 1 aromatic carbocycles. The quantitative estimate of drug-likeness (QED) is 0.651. The van der Waals surface area contributed by atoms with Crippen LogP contribution in [0.1, 0.15) is 29.0 Å². The standard InChI is InChI=1S/C23H27ClN6O/c1-16-14-20(27-30(16)21-7-5-4-6-19(21)24)23(31)26-22-9-8-18(15-25-22)29-12-10-17(11-13-29)28(2)3/h4-9,14-15,17H,10-13H2,1-3H3,(H,25,26,31). The fourth-order valence-electron chi connectivity index (χ4n) is 3.92. The maximum atomic E-state index is 12.7. The van der Waals surface area contributed by atoms with E-state index in [-0.39, 0.29) is 5.91 Å². The van der Waals surface area contributed by atoms with E-state index in [1.807, 2.05) is 43.5 Å². The van der Waals surface area contributed by atoms with Gasteiger partial charge in [-0.15, -0.1) is 0 Å². The van der Waals surface area contributed by atoms with Crippen molar-refractivity contribution in [2.75, 3.05) is 37.4 Å².